The number of nitrogens with zero attached hydrogens (tertiary/aromatic N) is 3. The topological polar surface area (TPSA) is 59.2 Å². The van der Waals surface area contributed by atoms with Gasteiger partial charge in [0.15, 0.2) is 5.82 Å². The summed E-state index contributed by atoms with van der Waals surface area (Å²) in [5.41, 5.74) is 0.809. The second kappa shape index (κ2) is 5.60. The molecule has 5 nitrogen and oxygen atoms in total. The summed E-state index contributed by atoms with van der Waals surface area (Å²) in [6.07, 6.45) is 2.60. The molecular formula is C15H19N3O2S. The van der Waals surface area contributed by atoms with E-state index in [0.29, 0.717) is 11.7 Å². The van der Waals surface area contributed by atoms with E-state index in [1.54, 1.807) is 11.3 Å². The lowest BCUT2D eigenvalue weighted by molar-refractivity contribution is 0.0728. The van der Waals surface area contributed by atoms with Gasteiger partial charge < -0.3 is 9.42 Å². The van der Waals surface area contributed by atoms with E-state index < -0.39 is 0 Å². The highest BCUT2D eigenvalue weighted by Gasteiger charge is 2.34. The number of rotatable bonds is 3. The minimum Gasteiger partial charge on any atom is -0.339 e. The molecule has 1 fully saturated rings. The molecule has 0 bridgehead atoms. The molecule has 0 aliphatic carbocycles. The minimum atomic E-state index is -0.0545. The van der Waals surface area contributed by atoms with Crippen molar-refractivity contribution in [1.82, 2.24) is 15.0 Å². The number of amides is 1. The summed E-state index contributed by atoms with van der Waals surface area (Å²) < 4.78 is 5.19. The highest BCUT2D eigenvalue weighted by molar-refractivity contribution is 7.12. The van der Waals surface area contributed by atoms with E-state index >= 15 is 0 Å². The molecule has 6 heteroatoms. The zero-order valence-corrected chi connectivity index (χ0v) is 13.4. The van der Waals surface area contributed by atoms with Gasteiger partial charge in [-0.15, -0.1) is 11.3 Å². The van der Waals surface area contributed by atoms with Crippen molar-refractivity contribution < 1.29 is 9.32 Å². The lowest BCUT2D eigenvalue weighted by Gasteiger charge is -2.22. The molecule has 0 aromatic carbocycles. The first kappa shape index (κ1) is 14.3. The summed E-state index contributed by atoms with van der Waals surface area (Å²) in [4.78, 5) is 21.3. The predicted molar refractivity (Wildman–Crippen MR) is 80.5 cm³/mol. The van der Waals surface area contributed by atoms with Crippen LogP contribution in [-0.2, 0) is 6.42 Å². The van der Waals surface area contributed by atoms with Gasteiger partial charge in [0.1, 0.15) is 0 Å². The molecule has 0 spiro atoms. The van der Waals surface area contributed by atoms with Crippen LogP contribution in [0.15, 0.2) is 10.6 Å². The zero-order valence-electron chi connectivity index (χ0n) is 12.5. The molecule has 0 N–H and O–H groups in total. The van der Waals surface area contributed by atoms with Crippen LogP contribution in [0.1, 0.15) is 57.6 Å². The summed E-state index contributed by atoms with van der Waals surface area (Å²) in [5, 5.41) is 4.05. The fourth-order valence-corrected chi connectivity index (χ4v) is 3.74. The highest BCUT2D eigenvalue weighted by atomic mass is 32.1. The van der Waals surface area contributed by atoms with Crippen molar-refractivity contribution in [3.63, 3.8) is 0 Å². The Morgan fingerprint density at radius 1 is 1.52 bits per heavy atom. The molecule has 112 valence electrons. The van der Waals surface area contributed by atoms with Crippen LogP contribution in [0.2, 0.25) is 0 Å². The van der Waals surface area contributed by atoms with E-state index in [0.717, 1.165) is 36.2 Å². The van der Waals surface area contributed by atoms with Gasteiger partial charge >= 0.3 is 0 Å². The van der Waals surface area contributed by atoms with Gasteiger partial charge in [0.25, 0.3) is 5.91 Å². The van der Waals surface area contributed by atoms with Crippen molar-refractivity contribution in [2.24, 2.45) is 0 Å². The number of aromatic nitrogens is 2. The van der Waals surface area contributed by atoms with Crippen LogP contribution in [0.5, 0.6) is 0 Å². The van der Waals surface area contributed by atoms with E-state index in [9.17, 15) is 4.79 Å². The first-order valence-electron chi connectivity index (χ1n) is 7.30. The van der Waals surface area contributed by atoms with E-state index in [4.69, 9.17) is 4.52 Å². The lowest BCUT2D eigenvalue weighted by Crippen LogP contribution is -2.31. The maximum Gasteiger partial charge on any atom is 0.255 e. The van der Waals surface area contributed by atoms with Crippen LogP contribution >= 0.6 is 11.3 Å². The fraction of sp³-hybridized carbons (Fsp3) is 0.533. The van der Waals surface area contributed by atoms with Gasteiger partial charge in [-0.05, 0) is 32.8 Å². The van der Waals surface area contributed by atoms with Crippen molar-refractivity contribution in [1.29, 1.82) is 0 Å². The van der Waals surface area contributed by atoms with Crippen LogP contribution < -0.4 is 0 Å². The Balaban J connectivity index is 1.86. The SMILES string of the molecule is CCc1nc([C@H]2CCCN2C(=O)c2cc(C)sc2C)no1. The Morgan fingerprint density at radius 2 is 2.33 bits per heavy atom. The van der Waals surface area contributed by atoms with Crippen LogP contribution in [0.4, 0.5) is 0 Å². The number of carbonyl (C=O) groups excluding carboxylic acids is 1. The summed E-state index contributed by atoms with van der Waals surface area (Å²) in [6, 6.07) is 1.92. The molecule has 3 heterocycles. The number of likely N-dealkylation sites (tertiary alicyclic amines) is 1. The molecule has 0 radical (unpaired) electrons. The van der Waals surface area contributed by atoms with Gasteiger partial charge in [0.05, 0.1) is 11.6 Å². The standard InChI is InChI=1S/C15H19N3O2S/c1-4-13-16-14(17-20-13)12-6-5-7-18(12)15(19)11-8-9(2)21-10(11)3/h8,12H,4-7H2,1-3H3/t12-/m1/s1. The molecule has 2 aromatic rings. The molecule has 1 atom stereocenters. The smallest absolute Gasteiger partial charge is 0.255 e. The summed E-state index contributed by atoms with van der Waals surface area (Å²) in [6.45, 7) is 6.77. The Labute approximate surface area is 128 Å². The van der Waals surface area contributed by atoms with Gasteiger partial charge in [-0.1, -0.05) is 12.1 Å². The van der Waals surface area contributed by atoms with Gasteiger partial charge in [-0.3, -0.25) is 4.79 Å². The molecule has 1 aliphatic rings. The van der Waals surface area contributed by atoms with Crippen molar-refractivity contribution in [3.8, 4) is 0 Å². The molecule has 0 saturated carbocycles. The second-order valence-corrected chi connectivity index (χ2v) is 6.84. The Morgan fingerprint density at radius 3 is 2.95 bits per heavy atom. The van der Waals surface area contributed by atoms with E-state index in [2.05, 4.69) is 10.1 Å². The minimum absolute atomic E-state index is 0.0545. The van der Waals surface area contributed by atoms with Gasteiger partial charge in [0, 0.05) is 22.7 Å². The van der Waals surface area contributed by atoms with Gasteiger partial charge in [-0.25, -0.2) is 0 Å². The third-order valence-corrected chi connectivity index (χ3v) is 4.84. The molecule has 1 saturated heterocycles. The molecule has 3 rings (SSSR count). The Hall–Kier alpha value is -1.69. The third kappa shape index (κ3) is 2.60. The van der Waals surface area contributed by atoms with Crippen molar-refractivity contribution >= 4 is 17.2 Å². The molecule has 1 aliphatic heterocycles. The van der Waals surface area contributed by atoms with Crippen molar-refractivity contribution in [2.75, 3.05) is 6.54 Å². The van der Waals surface area contributed by atoms with Gasteiger partial charge in [-0.2, -0.15) is 4.98 Å². The van der Waals surface area contributed by atoms with Crippen LogP contribution in [0, 0.1) is 13.8 Å². The third-order valence-electron chi connectivity index (χ3n) is 3.87. The normalized spacial score (nSPS) is 18.4. The van der Waals surface area contributed by atoms with Crippen molar-refractivity contribution in [2.45, 2.75) is 46.1 Å². The van der Waals surface area contributed by atoms with Crippen molar-refractivity contribution in [3.05, 3.63) is 33.1 Å². The van der Waals surface area contributed by atoms with Crippen LogP contribution in [0.3, 0.4) is 0 Å². The number of thiophene rings is 1. The summed E-state index contributed by atoms with van der Waals surface area (Å²) >= 11 is 1.66. The van der Waals surface area contributed by atoms with Crippen LogP contribution in [0.25, 0.3) is 0 Å². The molecule has 0 unspecified atom stereocenters. The maximum atomic E-state index is 12.8. The number of carbonyl (C=O) groups is 1. The summed E-state index contributed by atoms with van der Waals surface area (Å²) in [5.74, 6) is 1.36. The average molecular weight is 305 g/mol. The predicted octanol–water partition coefficient (Wildman–Crippen LogP) is 3.29. The zero-order chi connectivity index (χ0) is 15.0. The highest BCUT2D eigenvalue weighted by Crippen LogP contribution is 2.33. The molecule has 2 aromatic heterocycles. The fourth-order valence-electron chi connectivity index (χ4n) is 2.82. The largest absolute Gasteiger partial charge is 0.339 e. The quantitative estimate of drug-likeness (QED) is 0.873. The number of hydrogen-bond donors (Lipinski definition) is 0. The summed E-state index contributed by atoms with van der Waals surface area (Å²) in [7, 11) is 0. The molecular weight excluding hydrogens is 286 g/mol. The average Bonchev–Trinajstić information content (AvgIpc) is 3.15. The Kier molecular flexibility index (Phi) is 3.80. The maximum absolute atomic E-state index is 12.8. The first-order valence-corrected chi connectivity index (χ1v) is 8.12. The monoisotopic (exact) mass is 305 g/mol. The molecule has 21 heavy (non-hydrogen) atoms. The van der Waals surface area contributed by atoms with E-state index in [-0.39, 0.29) is 11.9 Å². The number of hydrogen-bond acceptors (Lipinski definition) is 5. The Bertz CT molecular complexity index is 662. The van der Waals surface area contributed by atoms with Crippen LogP contribution in [-0.4, -0.2) is 27.5 Å². The molecule has 1 amide bonds. The van der Waals surface area contributed by atoms with Gasteiger partial charge in [0.2, 0.25) is 5.89 Å². The van der Waals surface area contributed by atoms with E-state index in [1.165, 1.54) is 4.88 Å². The van der Waals surface area contributed by atoms with E-state index in [1.807, 2.05) is 31.7 Å². The lowest BCUT2D eigenvalue weighted by atomic mass is 10.1. The second-order valence-electron chi connectivity index (χ2n) is 5.38. The first-order chi connectivity index (χ1) is 10.1. The number of aryl methyl sites for hydroxylation is 3.